The minimum Gasteiger partial charge on any atom is -0.543 e. The van der Waals surface area contributed by atoms with Gasteiger partial charge in [-0.05, 0) is 12.1 Å². The number of rotatable bonds is 5. The summed E-state index contributed by atoms with van der Waals surface area (Å²) in [6.45, 7) is 0. The van der Waals surface area contributed by atoms with E-state index in [0.29, 0.717) is 22.3 Å². The molecule has 0 aliphatic carbocycles. The van der Waals surface area contributed by atoms with Gasteiger partial charge in [-0.25, -0.2) is 4.98 Å². The molecule has 0 atom stereocenters. The maximum absolute atomic E-state index is 10.6. The Hall–Kier alpha value is -2.28. The first kappa shape index (κ1) is 13.2. The van der Waals surface area contributed by atoms with Gasteiger partial charge in [-0.2, -0.15) is 0 Å². The molecule has 0 spiro atoms. The van der Waals surface area contributed by atoms with Crippen LogP contribution in [0.4, 0.5) is 10.8 Å². The fraction of sp³-hybridized carbons (Fsp3) is 0.167. The van der Waals surface area contributed by atoms with Crippen LogP contribution in [0, 0.1) is 0 Å². The molecule has 0 aliphatic rings. The number of aromatic nitrogens is 1. The van der Waals surface area contributed by atoms with Gasteiger partial charge in [0.2, 0.25) is 0 Å². The lowest BCUT2D eigenvalue weighted by molar-refractivity contribution is -0.255. The van der Waals surface area contributed by atoms with E-state index in [1.54, 1.807) is 25.3 Å². The summed E-state index contributed by atoms with van der Waals surface area (Å²) in [6, 6.07) is 5.24. The van der Waals surface area contributed by atoms with Crippen LogP contribution in [0.3, 0.4) is 0 Å². The Morgan fingerprint density at radius 1 is 1.37 bits per heavy atom. The number of benzene rings is 1. The zero-order valence-corrected chi connectivity index (χ0v) is 11.1. The van der Waals surface area contributed by atoms with Gasteiger partial charge in [0.15, 0.2) is 5.13 Å². The summed E-state index contributed by atoms with van der Waals surface area (Å²) in [5.41, 5.74) is 0.572. The molecule has 2 rings (SSSR count). The lowest BCUT2D eigenvalue weighted by atomic mass is 10.3. The van der Waals surface area contributed by atoms with Crippen molar-refractivity contribution in [1.82, 2.24) is 4.98 Å². The fourth-order valence-electron chi connectivity index (χ4n) is 1.44. The van der Waals surface area contributed by atoms with Gasteiger partial charge in [-0.1, -0.05) is 0 Å². The molecule has 7 heteroatoms. The quantitative estimate of drug-likeness (QED) is 0.887. The van der Waals surface area contributed by atoms with Crippen molar-refractivity contribution in [1.29, 1.82) is 0 Å². The number of carboxylic acids is 1. The Morgan fingerprint density at radius 3 is 2.74 bits per heavy atom. The molecule has 100 valence electrons. The standard InChI is InChI=1S/C12H12N2O4S/c1-17-7-3-4-8(10(5-7)18-2)13-12-14-9(6-19-12)11(15)16/h3-6H,1-2H3,(H,13,14)(H,15,16)/p-1. The molecule has 0 fully saturated rings. The third-order valence-electron chi connectivity index (χ3n) is 2.36. The van der Waals surface area contributed by atoms with Crippen molar-refractivity contribution in [3.63, 3.8) is 0 Å². The van der Waals surface area contributed by atoms with Crippen molar-refractivity contribution in [3.8, 4) is 11.5 Å². The topological polar surface area (TPSA) is 83.5 Å². The molecule has 0 aliphatic heterocycles. The Morgan fingerprint density at radius 2 is 2.16 bits per heavy atom. The van der Waals surface area contributed by atoms with Crippen LogP contribution in [0.25, 0.3) is 0 Å². The van der Waals surface area contributed by atoms with Crippen LogP contribution < -0.4 is 19.9 Å². The average Bonchev–Trinajstić information content (AvgIpc) is 2.88. The van der Waals surface area contributed by atoms with Crippen LogP contribution in [-0.2, 0) is 0 Å². The molecule has 6 nitrogen and oxygen atoms in total. The van der Waals surface area contributed by atoms with Gasteiger partial charge >= 0.3 is 0 Å². The van der Waals surface area contributed by atoms with Gasteiger partial charge in [-0.3, -0.25) is 0 Å². The molecule has 0 saturated carbocycles. The molecule has 2 aromatic rings. The largest absolute Gasteiger partial charge is 0.543 e. The van der Waals surface area contributed by atoms with E-state index in [0.717, 1.165) is 0 Å². The van der Waals surface area contributed by atoms with E-state index in [4.69, 9.17) is 9.47 Å². The summed E-state index contributed by atoms with van der Waals surface area (Å²) >= 11 is 1.17. The maximum Gasteiger partial charge on any atom is 0.187 e. The van der Waals surface area contributed by atoms with Gasteiger partial charge < -0.3 is 24.7 Å². The van der Waals surface area contributed by atoms with E-state index in [2.05, 4.69) is 10.3 Å². The van der Waals surface area contributed by atoms with Crippen LogP contribution in [0.15, 0.2) is 23.6 Å². The van der Waals surface area contributed by atoms with Crippen LogP contribution in [0.1, 0.15) is 10.5 Å². The second kappa shape index (κ2) is 5.57. The van der Waals surface area contributed by atoms with Crippen molar-refractivity contribution < 1.29 is 19.4 Å². The highest BCUT2D eigenvalue weighted by Crippen LogP contribution is 2.32. The van der Waals surface area contributed by atoms with Crippen molar-refractivity contribution in [2.24, 2.45) is 0 Å². The molecule has 0 bridgehead atoms. The van der Waals surface area contributed by atoms with E-state index in [9.17, 15) is 9.90 Å². The number of anilines is 2. The number of nitrogens with zero attached hydrogens (tertiary/aromatic N) is 1. The average molecular weight is 279 g/mol. The van der Waals surface area contributed by atoms with Crippen LogP contribution in [0.5, 0.6) is 11.5 Å². The Kier molecular flexibility index (Phi) is 3.86. The predicted octanol–water partition coefficient (Wildman–Crippen LogP) is 1.27. The van der Waals surface area contributed by atoms with Gasteiger partial charge in [0.25, 0.3) is 0 Å². The summed E-state index contributed by atoms with van der Waals surface area (Å²) < 4.78 is 10.3. The SMILES string of the molecule is COc1ccc(Nc2nc(C(=O)[O-])cs2)c(OC)c1. The van der Waals surface area contributed by atoms with E-state index < -0.39 is 5.97 Å². The molecule has 19 heavy (non-hydrogen) atoms. The minimum absolute atomic E-state index is 0.0972. The van der Waals surface area contributed by atoms with Crippen molar-refractivity contribution in [2.75, 3.05) is 19.5 Å². The summed E-state index contributed by atoms with van der Waals surface area (Å²) in [6.07, 6.45) is 0. The minimum atomic E-state index is -1.30. The van der Waals surface area contributed by atoms with Gasteiger partial charge in [0.1, 0.15) is 11.5 Å². The fourth-order valence-corrected chi connectivity index (χ4v) is 2.13. The summed E-state index contributed by atoms with van der Waals surface area (Å²) in [4.78, 5) is 14.5. The Balaban J connectivity index is 2.24. The number of thiazole rings is 1. The molecule has 0 amide bonds. The Bertz CT molecular complexity index is 597. The van der Waals surface area contributed by atoms with Crippen LogP contribution in [0.2, 0.25) is 0 Å². The number of methoxy groups -OCH3 is 2. The first-order chi connectivity index (χ1) is 9.13. The molecule has 0 saturated heterocycles. The third-order valence-corrected chi connectivity index (χ3v) is 3.12. The van der Waals surface area contributed by atoms with Crippen LogP contribution >= 0.6 is 11.3 Å². The third kappa shape index (κ3) is 2.94. The number of ether oxygens (including phenoxy) is 2. The highest BCUT2D eigenvalue weighted by molar-refractivity contribution is 7.14. The molecule has 0 radical (unpaired) electrons. The van der Waals surface area contributed by atoms with E-state index in [1.165, 1.54) is 23.8 Å². The molecule has 1 aromatic heterocycles. The van der Waals surface area contributed by atoms with Gasteiger partial charge in [-0.15, -0.1) is 11.3 Å². The van der Waals surface area contributed by atoms with Crippen molar-refractivity contribution in [2.45, 2.75) is 0 Å². The van der Waals surface area contributed by atoms with Crippen LogP contribution in [-0.4, -0.2) is 25.2 Å². The monoisotopic (exact) mass is 279 g/mol. The van der Waals surface area contributed by atoms with Gasteiger partial charge in [0, 0.05) is 11.4 Å². The number of hydrogen-bond donors (Lipinski definition) is 1. The Labute approximate surface area is 113 Å². The van der Waals surface area contributed by atoms with Crippen molar-refractivity contribution in [3.05, 3.63) is 29.3 Å². The zero-order chi connectivity index (χ0) is 13.8. The normalized spacial score (nSPS) is 10.0. The van der Waals surface area contributed by atoms with E-state index in [-0.39, 0.29) is 5.69 Å². The predicted molar refractivity (Wildman–Crippen MR) is 69.3 cm³/mol. The lowest BCUT2D eigenvalue weighted by Gasteiger charge is -2.10. The number of carbonyl (C=O) groups excluding carboxylic acids is 1. The molecule has 0 unspecified atom stereocenters. The number of aromatic carboxylic acids is 1. The first-order valence-electron chi connectivity index (χ1n) is 5.30. The number of hydrogen-bond acceptors (Lipinski definition) is 7. The summed E-state index contributed by atoms with van der Waals surface area (Å²) in [5, 5.41) is 15.5. The maximum atomic E-state index is 10.6. The van der Waals surface area contributed by atoms with E-state index in [1.807, 2.05) is 0 Å². The molecular weight excluding hydrogens is 268 g/mol. The number of carbonyl (C=O) groups is 1. The lowest BCUT2D eigenvalue weighted by Crippen LogP contribution is -2.22. The molecular formula is C12H11N2O4S-. The number of nitrogens with one attached hydrogen (secondary N) is 1. The second-order valence-corrected chi connectivity index (χ2v) is 4.37. The highest BCUT2D eigenvalue weighted by atomic mass is 32.1. The smallest absolute Gasteiger partial charge is 0.187 e. The second-order valence-electron chi connectivity index (χ2n) is 3.52. The van der Waals surface area contributed by atoms with Gasteiger partial charge in [0.05, 0.1) is 31.6 Å². The molecule has 1 heterocycles. The summed E-state index contributed by atoms with van der Waals surface area (Å²) in [5.74, 6) is -0.0625. The first-order valence-corrected chi connectivity index (χ1v) is 6.18. The molecule has 1 N–H and O–H groups in total. The number of carboxylic acid groups (broad SMARTS) is 1. The highest BCUT2D eigenvalue weighted by Gasteiger charge is 2.08. The van der Waals surface area contributed by atoms with Crippen molar-refractivity contribution >= 4 is 28.1 Å². The molecule has 1 aromatic carbocycles. The summed E-state index contributed by atoms with van der Waals surface area (Å²) in [7, 11) is 3.10. The van der Waals surface area contributed by atoms with E-state index >= 15 is 0 Å². The zero-order valence-electron chi connectivity index (χ0n) is 10.3.